The van der Waals surface area contributed by atoms with Gasteiger partial charge in [0.15, 0.2) is 0 Å². The van der Waals surface area contributed by atoms with E-state index in [0.29, 0.717) is 19.6 Å². The average molecular weight is 336 g/mol. The minimum absolute atomic E-state index is 0.169. The van der Waals surface area contributed by atoms with Crippen molar-refractivity contribution in [2.24, 2.45) is 0 Å². The fraction of sp³-hybridized carbons (Fsp3) is 0.222. The first-order valence-electron chi connectivity index (χ1n) is 8.17. The molecule has 3 aromatic rings. The van der Waals surface area contributed by atoms with Crippen LogP contribution in [0.3, 0.4) is 0 Å². The molecule has 0 spiro atoms. The molecule has 3 rings (SSSR count). The predicted octanol–water partition coefficient (Wildman–Crippen LogP) is 1.88. The van der Waals surface area contributed by atoms with E-state index in [4.69, 9.17) is 0 Å². The molecule has 0 aliphatic carbocycles. The number of hydrogen-bond donors (Lipinski definition) is 2. The van der Waals surface area contributed by atoms with Crippen molar-refractivity contribution < 1.29 is 4.79 Å². The summed E-state index contributed by atoms with van der Waals surface area (Å²) in [6.07, 6.45) is 7.61. The van der Waals surface area contributed by atoms with Crippen LogP contribution in [0.5, 0.6) is 0 Å². The van der Waals surface area contributed by atoms with Crippen molar-refractivity contribution in [3.63, 3.8) is 0 Å². The highest BCUT2D eigenvalue weighted by Gasteiger charge is 2.04. The van der Waals surface area contributed by atoms with Gasteiger partial charge < -0.3 is 10.6 Å². The van der Waals surface area contributed by atoms with E-state index in [2.05, 4.69) is 25.7 Å². The zero-order valence-electron chi connectivity index (χ0n) is 13.8. The number of rotatable bonds is 7. The maximum Gasteiger partial charge on any atom is 0.314 e. The van der Waals surface area contributed by atoms with E-state index in [9.17, 15) is 4.79 Å². The number of nitrogens with zero attached hydrogens (tertiary/aromatic N) is 4. The molecule has 2 N–H and O–H groups in total. The van der Waals surface area contributed by atoms with Gasteiger partial charge >= 0.3 is 6.03 Å². The first-order chi connectivity index (χ1) is 12.3. The topological polar surface area (TPSA) is 84.7 Å². The zero-order chi connectivity index (χ0) is 17.3. The fourth-order valence-corrected chi connectivity index (χ4v) is 2.37. The lowest BCUT2D eigenvalue weighted by molar-refractivity contribution is 0.240. The summed E-state index contributed by atoms with van der Waals surface area (Å²) in [7, 11) is 0. The highest BCUT2D eigenvalue weighted by atomic mass is 16.2. The molecule has 0 atom stereocenters. The zero-order valence-corrected chi connectivity index (χ0v) is 13.8. The van der Waals surface area contributed by atoms with Crippen molar-refractivity contribution in [2.75, 3.05) is 13.1 Å². The number of nitrogens with one attached hydrogen (secondary N) is 2. The minimum Gasteiger partial charge on any atom is -0.338 e. The van der Waals surface area contributed by atoms with Crippen LogP contribution in [0.2, 0.25) is 0 Å². The summed E-state index contributed by atoms with van der Waals surface area (Å²) in [5.41, 5.74) is 2.70. The standard InChI is InChI=1S/C18H20N6O/c25-18(21-8-6-15-4-2-1-3-5-15)22-11-13-24-12-7-16(23-24)17-14-19-9-10-20-17/h1-5,7,9-10,12,14H,6,8,11,13H2,(H2,21,22,25). The summed E-state index contributed by atoms with van der Waals surface area (Å²) in [5, 5.41) is 10.1. The molecule has 0 bridgehead atoms. The molecule has 0 saturated carbocycles. The summed E-state index contributed by atoms with van der Waals surface area (Å²) >= 11 is 0. The molecule has 25 heavy (non-hydrogen) atoms. The van der Waals surface area contributed by atoms with E-state index in [-0.39, 0.29) is 6.03 Å². The summed E-state index contributed by atoms with van der Waals surface area (Å²) in [6.45, 7) is 1.69. The first kappa shape index (κ1) is 16.6. The highest BCUT2D eigenvalue weighted by Crippen LogP contribution is 2.11. The van der Waals surface area contributed by atoms with Crippen LogP contribution in [0.4, 0.5) is 4.79 Å². The largest absolute Gasteiger partial charge is 0.338 e. The van der Waals surface area contributed by atoms with E-state index in [1.807, 2.05) is 42.6 Å². The predicted molar refractivity (Wildman–Crippen MR) is 94.8 cm³/mol. The SMILES string of the molecule is O=C(NCCc1ccccc1)NCCn1ccc(-c2cnccn2)n1. The Bertz CT molecular complexity index is 788. The number of carbonyl (C=O) groups excluding carboxylic acids is 1. The van der Waals surface area contributed by atoms with Crippen LogP contribution in [-0.4, -0.2) is 38.9 Å². The van der Waals surface area contributed by atoms with Gasteiger partial charge in [0.2, 0.25) is 0 Å². The van der Waals surface area contributed by atoms with Crippen LogP contribution in [0.1, 0.15) is 5.56 Å². The lowest BCUT2D eigenvalue weighted by atomic mass is 10.1. The molecular formula is C18H20N6O. The maximum atomic E-state index is 11.8. The monoisotopic (exact) mass is 336 g/mol. The molecule has 2 amide bonds. The second-order valence-corrected chi connectivity index (χ2v) is 5.47. The van der Waals surface area contributed by atoms with Gasteiger partial charge in [-0.05, 0) is 18.1 Å². The summed E-state index contributed by atoms with van der Waals surface area (Å²) in [4.78, 5) is 20.0. The molecule has 128 valence electrons. The minimum atomic E-state index is -0.169. The average Bonchev–Trinajstić information content (AvgIpc) is 3.12. The van der Waals surface area contributed by atoms with Gasteiger partial charge in [-0.1, -0.05) is 30.3 Å². The Balaban J connectivity index is 1.36. The Labute approximate surface area is 146 Å². The molecule has 7 heteroatoms. The number of hydrogen-bond acceptors (Lipinski definition) is 4. The number of aromatic nitrogens is 4. The lowest BCUT2D eigenvalue weighted by Crippen LogP contribution is -2.38. The maximum absolute atomic E-state index is 11.8. The van der Waals surface area contributed by atoms with Gasteiger partial charge in [0.1, 0.15) is 11.4 Å². The molecule has 0 aliphatic rings. The summed E-state index contributed by atoms with van der Waals surface area (Å²) in [5.74, 6) is 0. The first-order valence-corrected chi connectivity index (χ1v) is 8.17. The number of carbonyl (C=O) groups is 1. The molecule has 0 saturated heterocycles. The van der Waals surface area contributed by atoms with Crippen LogP contribution in [0.25, 0.3) is 11.4 Å². The second-order valence-electron chi connectivity index (χ2n) is 5.47. The number of amides is 2. The number of benzene rings is 1. The van der Waals surface area contributed by atoms with E-state index in [0.717, 1.165) is 17.8 Å². The third-order valence-corrected chi connectivity index (χ3v) is 3.63. The van der Waals surface area contributed by atoms with Gasteiger partial charge in [0.05, 0.1) is 12.7 Å². The summed E-state index contributed by atoms with van der Waals surface area (Å²) in [6, 6.07) is 11.8. The van der Waals surface area contributed by atoms with Crippen molar-refractivity contribution in [2.45, 2.75) is 13.0 Å². The molecule has 7 nitrogen and oxygen atoms in total. The van der Waals surface area contributed by atoms with Crippen LogP contribution >= 0.6 is 0 Å². The van der Waals surface area contributed by atoms with Gasteiger partial charge in [-0.3, -0.25) is 14.6 Å². The molecule has 2 aromatic heterocycles. The highest BCUT2D eigenvalue weighted by molar-refractivity contribution is 5.73. The van der Waals surface area contributed by atoms with E-state index in [1.165, 1.54) is 5.56 Å². The Kier molecular flexibility index (Phi) is 5.71. The molecule has 2 heterocycles. The third kappa shape index (κ3) is 5.13. The smallest absolute Gasteiger partial charge is 0.314 e. The van der Waals surface area contributed by atoms with Crippen LogP contribution < -0.4 is 10.6 Å². The van der Waals surface area contributed by atoms with E-state index < -0.39 is 0 Å². The van der Waals surface area contributed by atoms with E-state index in [1.54, 1.807) is 23.3 Å². The Morgan fingerprint density at radius 2 is 1.84 bits per heavy atom. The van der Waals surface area contributed by atoms with Crippen molar-refractivity contribution in [3.05, 3.63) is 66.7 Å². The Morgan fingerprint density at radius 1 is 1.00 bits per heavy atom. The van der Waals surface area contributed by atoms with Crippen LogP contribution in [-0.2, 0) is 13.0 Å². The van der Waals surface area contributed by atoms with Crippen molar-refractivity contribution in [1.29, 1.82) is 0 Å². The van der Waals surface area contributed by atoms with Gasteiger partial charge in [0, 0.05) is 31.7 Å². The fourth-order valence-electron chi connectivity index (χ4n) is 2.37. The second kappa shape index (κ2) is 8.58. The normalized spacial score (nSPS) is 10.4. The Hall–Kier alpha value is -3.22. The molecule has 0 fully saturated rings. The van der Waals surface area contributed by atoms with Gasteiger partial charge in [-0.25, -0.2) is 4.79 Å². The van der Waals surface area contributed by atoms with Gasteiger partial charge in [0.25, 0.3) is 0 Å². The van der Waals surface area contributed by atoms with Crippen molar-refractivity contribution in [1.82, 2.24) is 30.4 Å². The molecule has 1 aromatic carbocycles. The Morgan fingerprint density at radius 3 is 2.64 bits per heavy atom. The van der Waals surface area contributed by atoms with Gasteiger partial charge in [-0.15, -0.1) is 0 Å². The summed E-state index contributed by atoms with van der Waals surface area (Å²) < 4.78 is 1.77. The molecule has 0 aliphatic heterocycles. The lowest BCUT2D eigenvalue weighted by Gasteiger charge is -2.08. The molecular weight excluding hydrogens is 316 g/mol. The van der Waals surface area contributed by atoms with E-state index >= 15 is 0 Å². The van der Waals surface area contributed by atoms with Crippen molar-refractivity contribution >= 4 is 6.03 Å². The van der Waals surface area contributed by atoms with Crippen LogP contribution in [0, 0.1) is 0 Å². The quantitative estimate of drug-likeness (QED) is 0.690. The number of urea groups is 1. The van der Waals surface area contributed by atoms with Gasteiger partial charge in [-0.2, -0.15) is 5.10 Å². The molecule has 0 radical (unpaired) electrons. The third-order valence-electron chi connectivity index (χ3n) is 3.63. The van der Waals surface area contributed by atoms with Crippen molar-refractivity contribution in [3.8, 4) is 11.4 Å². The molecule has 0 unspecified atom stereocenters. The van der Waals surface area contributed by atoms with Crippen LogP contribution in [0.15, 0.2) is 61.2 Å².